The monoisotopic (exact) mass is 235 g/mol. The number of carbonyl (C=O) groups excluding carboxylic acids is 2. The summed E-state index contributed by atoms with van der Waals surface area (Å²) in [6.45, 7) is 1.85. The van der Waals surface area contributed by atoms with Crippen LogP contribution >= 0.6 is 0 Å². The fourth-order valence-electron chi connectivity index (χ4n) is 1.28. The molecule has 88 valence electrons. The number of hydrogen-bond acceptors (Lipinski definition) is 6. The lowest BCUT2D eigenvalue weighted by Crippen LogP contribution is -2.11. The number of aromatic nitrogens is 1. The third kappa shape index (κ3) is 2.10. The first kappa shape index (κ1) is 11.1. The Morgan fingerprint density at radius 1 is 1.47 bits per heavy atom. The van der Waals surface area contributed by atoms with Crippen molar-refractivity contribution in [3.05, 3.63) is 41.7 Å². The van der Waals surface area contributed by atoms with Gasteiger partial charge in [0, 0.05) is 0 Å². The van der Waals surface area contributed by atoms with Crippen molar-refractivity contribution in [1.82, 2.24) is 5.16 Å². The van der Waals surface area contributed by atoms with Crippen molar-refractivity contribution in [3.63, 3.8) is 0 Å². The Morgan fingerprint density at radius 3 is 2.94 bits per heavy atom. The third-order valence-corrected chi connectivity index (χ3v) is 2.03. The number of carbonyl (C=O) groups is 2. The van der Waals surface area contributed by atoms with Gasteiger partial charge in [0.25, 0.3) is 0 Å². The number of esters is 1. The molecule has 2 aromatic heterocycles. The standard InChI is InChI=1S/C11H9NO5/c1-2-15-11(14)9-7(6-17-12-9)10(13)8-4-3-5-16-8/h3-6H,2H2,1H3. The molecule has 2 heterocycles. The fourth-order valence-corrected chi connectivity index (χ4v) is 1.28. The Kier molecular flexibility index (Phi) is 3.04. The Bertz CT molecular complexity index is 526. The second-order valence-corrected chi connectivity index (χ2v) is 3.10. The molecule has 0 aliphatic rings. The van der Waals surface area contributed by atoms with Gasteiger partial charge in [-0.25, -0.2) is 4.79 Å². The van der Waals surface area contributed by atoms with Crippen molar-refractivity contribution in [2.45, 2.75) is 6.92 Å². The molecular weight excluding hydrogens is 226 g/mol. The summed E-state index contributed by atoms with van der Waals surface area (Å²) < 4.78 is 14.3. The maximum absolute atomic E-state index is 11.9. The number of hydrogen-bond donors (Lipinski definition) is 0. The van der Waals surface area contributed by atoms with Crippen molar-refractivity contribution >= 4 is 11.8 Å². The summed E-state index contributed by atoms with van der Waals surface area (Å²) in [7, 11) is 0. The molecule has 0 aliphatic heterocycles. The minimum atomic E-state index is -0.698. The van der Waals surface area contributed by atoms with Gasteiger partial charge in [-0.2, -0.15) is 0 Å². The number of ether oxygens (including phenoxy) is 1. The number of furan rings is 1. The molecule has 0 saturated heterocycles. The van der Waals surface area contributed by atoms with E-state index in [1.54, 1.807) is 13.0 Å². The van der Waals surface area contributed by atoms with E-state index in [0.29, 0.717) is 0 Å². The van der Waals surface area contributed by atoms with Gasteiger partial charge in [0.15, 0.2) is 5.76 Å². The zero-order chi connectivity index (χ0) is 12.3. The zero-order valence-corrected chi connectivity index (χ0v) is 9.00. The molecule has 6 nitrogen and oxygen atoms in total. The summed E-state index contributed by atoms with van der Waals surface area (Å²) in [5.41, 5.74) is -0.119. The fraction of sp³-hybridized carbons (Fsp3) is 0.182. The minimum Gasteiger partial charge on any atom is -0.461 e. The zero-order valence-electron chi connectivity index (χ0n) is 9.00. The van der Waals surface area contributed by atoms with E-state index in [-0.39, 0.29) is 23.6 Å². The quantitative estimate of drug-likeness (QED) is 0.592. The molecule has 0 N–H and O–H groups in total. The molecule has 6 heteroatoms. The molecule has 17 heavy (non-hydrogen) atoms. The number of ketones is 1. The van der Waals surface area contributed by atoms with Crippen LogP contribution in [0.15, 0.2) is 33.6 Å². The maximum atomic E-state index is 11.9. The van der Waals surface area contributed by atoms with Crippen LogP contribution < -0.4 is 0 Å². The molecule has 0 aliphatic carbocycles. The van der Waals surface area contributed by atoms with Gasteiger partial charge in [-0.15, -0.1) is 0 Å². The lowest BCUT2D eigenvalue weighted by atomic mass is 10.1. The Hall–Kier alpha value is -2.37. The van der Waals surface area contributed by atoms with E-state index in [4.69, 9.17) is 9.15 Å². The van der Waals surface area contributed by atoms with Gasteiger partial charge in [0.1, 0.15) is 11.8 Å². The highest BCUT2D eigenvalue weighted by molar-refractivity contribution is 6.12. The molecule has 0 spiro atoms. The molecule has 0 atom stereocenters. The van der Waals surface area contributed by atoms with Gasteiger partial charge in [0.2, 0.25) is 11.5 Å². The minimum absolute atomic E-state index is 0.0263. The summed E-state index contributed by atoms with van der Waals surface area (Å²) >= 11 is 0. The van der Waals surface area contributed by atoms with Crippen LogP contribution in [0.2, 0.25) is 0 Å². The molecule has 2 rings (SSSR count). The van der Waals surface area contributed by atoms with Crippen LogP contribution in [0.1, 0.15) is 33.5 Å². The molecule has 0 fully saturated rings. The summed E-state index contributed by atoms with van der Waals surface area (Å²) in [6.07, 6.45) is 2.46. The van der Waals surface area contributed by atoms with Crippen LogP contribution in [0.25, 0.3) is 0 Å². The van der Waals surface area contributed by atoms with E-state index >= 15 is 0 Å². The third-order valence-electron chi connectivity index (χ3n) is 2.03. The predicted octanol–water partition coefficient (Wildman–Crippen LogP) is 1.68. The lowest BCUT2D eigenvalue weighted by molar-refractivity contribution is 0.0512. The van der Waals surface area contributed by atoms with Gasteiger partial charge >= 0.3 is 5.97 Å². The van der Waals surface area contributed by atoms with Gasteiger partial charge in [0.05, 0.1) is 12.9 Å². The van der Waals surface area contributed by atoms with Gasteiger partial charge in [-0.1, -0.05) is 5.16 Å². The van der Waals surface area contributed by atoms with Crippen molar-refractivity contribution < 1.29 is 23.3 Å². The average molecular weight is 235 g/mol. The highest BCUT2D eigenvalue weighted by atomic mass is 16.5. The van der Waals surface area contributed by atoms with Crippen LogP contribution in [0.3, 0.4) is 0 Å². The van der Waals surface area contributed by atoms with Crippen LogP contribution in [-0.2, 0) is 4.74 Å². The second kappa shape index (κ2) is 4.65. The molecular formula is C11H9NO5. The average Bonchev–Trinajstić information content (AvgIpc) is 3.00. The van der Waals surface area contributed by atoms with Gasteiger partial charge in [-0.3, -0.25) is 4.79 Å². The first-order chi connectivity index (χ1) is 8.24. The highest BCUT2D eigenvalue weighted by Crippen LogP contribution is 2.14. The Balaban J connectivity index is 2.31. The summed E-state index contributed by atoms with van der Waals surface area (Å²) in [5, 5.41) is 3.45. The molecule has 2 aromatic rings. The van der Waals surface area contributed by atoms with Crippen LogP contribution in [0.4, 0.5) is 0 Å². The van der Waals surface area contributed by atoms with Crippen LogP contribution in [-0.4, -0.2) is 23.5 Å². The van der Waals surface area contributed by atoms with E-state index in [1.807, 2.05) is 0 Å². The van der Waals surface area contributed by atoms with E-state index < -0.39 is 11.8 Å². The lowest BCUT2D eigenvalue weighted by Gasteiger charge is -1.98. The van der Waals surface area contributed by atoms with Crippen molar-refractivity contribution in [3.8, 4) is 0 Å². The number of nitrogens with zero attached hydrogens (tertiary/aromatic N) is 1. The van der Waals surface area contributed by atoms with Gasteiger partial charge in [-0.05, 0) is 19.1 Å². The summed E-state index contributed by atoms with van der Waals surface area (Å²) in [5.74, 6) is -1.06. The van der Waals surface area contributed by atoms with Crippen molar-refractivity contribution in [2.75, 3.05) is 6.61 Å². The van der Waals surface area contributed by atoms with Crippen LogP contribution in [0, 0.1) is 0 Å². The normalized spacial score (nSPS) is 10.2. The number of rotatable bonds is 4. The first-order valence-corrected chi connectivity index (χ1v) is 4.93. The van der Waals surface area contributed by atoms with E-state index in [0.717, 1.165) is 6.26 Å². The molecule has 0 bridgehead atoms. The van der Waals surface area contributed by atoms with E-state index in [9.17, 15) is 9.59 Å². The van der Waals surface area contributed by atoms with Gasteiger partial charge < -0.3 is 13.7 Å². The predicted molar refractivity (Wildman–Crippen MR) is 54.6 cm³/mol. The summed E-state index contributed by atoms with van der Waals surface area (Å²) in [4.78, 5) is 23.4. The molecule has 0 aromatic carbocycles. The summed E-state index contributed by atoms with van der Waals surface area (Å²) in [6, 6.07) is 3.06. The topological polar surface area (TPSA) is 82.5 Å². The smallest absolute Gasteiger partial charge is 0.361 e. The van der Waals surface area contributed by atoms with Crippen molar-refractivity contribution in [2.24, 2.45) is 0 Å². The highest BCUT2D eigenvalue weighted by Gasteiger charge is 2.25. The maximum Gasteiger partial charge on any atom is 0.361 e. The first-order valence-electron chi connectivity index (χ1n) is 4.93. The Labute approximate surface area is 96.1 Å². The van der Waals surface area contributed by atoms with Crippen LogP contribution in [0.5, 0.6) is 0 Å². The largest absolute Gasteiger partial charge is 0.461 e. The SMILES string of the molecule is CCOC(=O)c1nocc1C(=O)c1ccco1. The van der Waals surface area contributed by atoms with E-state index in [2.05, 4.69) is 9.68 Å². The molecule has 0 unspecified atom stereocenters. The molecule has 0 saturated carbocycles. The van der Waals surface area contributed by atoms with Crippen molar-refractivity contribution in [1.29, 1.82) is 0 Å². The molecule has 0 radical (unpaired) electrons. The molecule has 0 amide bonds. The Morgan fingerprint density at radius 2 is 2.29 bits per heavy atom. The van der Waals surface area contributed by atoms with E-state index in [1.165, 1.54) is 12.3 Å². The second-order valence-electron chi connectivity index (χ2n) is 3.10.